The van der Waals surface area contributed by atoms with Gasteiger partial charge in [-0.05, 0) is 57.8 Å². The van der Waals surface area contributed by atoms with Crippen molar-refractivity contribution in [3.63, 3.8) is 0 Å². The van der Waals surface area contributed by atoms with Gasteiger partial charge < -0.3 is 19.8 Å². The molecule has 0 rings (SSSR count). The van der Waals surface area contributed by atoms with Crippen LogP contribution in [0, 0.1) is 0 Å². The lowest BCUT2D eigenvalue weighted by Gasteiger charge is -2.25. The molecule has 3 unspecified atom stereocenters. The van der Waals surface area contributed by atoms with Crippen molar-refractivity contribution in [1.29, 1.82) is 0 Å². The van der Waals surface area contributed by atoms with E-state index < -0.39 is 20.0 Å². The Morgan fingerprint density at radius 1 is 0.667 bits per heavy atom. The normalized spacial score (nSPS) is 15.0. The molecule has 0 fully saturated rings. The number of hydrogen-bond donors (Lipinski definition) is 3. The van der Waals surface area contributed by atoms with Gasteiger partial charge in [0.1, 0.15) is 13.2 Å². The van der Waals surface area contributed by atoms with Gasteiger partial charge in [0.2, 0.25) is 5.91 Å². The topological polar surface area (TPSA) is 105 Å². The van der Waals surface area contributed by atoms with Crippen molar-refractivity contribution in [3.05, 3.63) is 48.6 Å². The maximum Gasteiger partial charge on any atom is 0.472 e. The third-order valence-corrected chi connectivity index (χ3v) is 9.78. The molecule has 0 aliphatic carbocycles. The number of nitrogens with one attached hydrogen (secondary N) is 1. The van der Waals surface area contributed by atoms with E-state index in [1.54, 1.807) is 6.08 Å². The van der Waals surface area contributed by atoms with E-state index in [9.17, 15) is 19.4 Å². The highest BCUT2D eigenvalue weighted by Crippen LogP contribution is 2.43. The molecule has 3 N–H and O–H groups in total. The van der Waals surface area contributed by atoms with Crippen LogP contribution in [-0.4, -0.2) is 73.4 Å². The molecule has 0 aromatic heterocycles. The molecule has 51 heavy (non-hydrogen) atoms. The molecule has 0 saturated carbocycles. The Kier molecular flexibility index (Phi) is 33.2. The lowest BCUT2D eigenvalue weighted by molar-refractivity contribution is -0.870. The van der Waals surface area contributed by atoms with E-state index in [2.05, 4.69) is 55.6 Å². The van der Waals surface area contributed by atoms with Crippen molar-refractivity contribution >= 4 is 13.7 Å². The fourth-order valence-corrected chi connectivity index (χ4v) is 6.19. The summed E-state index contributed by atoms with van der Waals surface area (Å²) in [5, 5.41) is 13.7. The summed E-state index contributed by atoms with van der Waals surface area (Å²) in [6.45, 7) is 4.72. The second-order valence-corrected chi connectivity index (χ2v) is 16.5. The summed E-state index contributed by atoms with van der Waals surface area (Å²) in [6.07, 6.45) is 41.7. The first kappa shape index (κ1) is 49.5. The van der Waals surface area contributed by atoms with E-state index in [0.29, 0.717) is 17.4 Å². The summed E-state index contributed by atoms with van der Waals surface area (Å²) < 4.78 is 23.5. The van der Waals surface area contributed by atoms with Crippen molar-refractivity contribution in [2.45, 2.75) is 174 Å². The predicted molar refractivity (Wildman–Crippen MR) is 217 cm³/mol. The highest BCUT2D eigenvalue weighted by Gasteiger charge is 2.27. The van der Waals surface area contributed by atoms with Crippen LogP contribution >= 0.6 is 7.82 Å². The minimum atomic E-state index is -4.34. The number of hydrogen-bond acceptors (Lipinski definition) is 5. The Morgan fingerprint density at radius 2 is 1.14 bits per heavy atom. The Labute approximate surface area is 314 Å². The Morgan fingerprint density at radius 3 is 1.73 bits per heavy atom. The van der Waals surface area contributed by atoms with Crippen LogP contribution < -0.4 is 5.32 Å². The van der Waals surface area contributed by atoms with Gasteiger partial charge in [-0.25, -0.2) is 4.57 Å². The third kappa shape index (κ3) is 36.6. The Balaban J connectivity index is 4.58. The highest BCUT2D eigenvalue weighted by atomic mass is 31.2. The van der Waals surface area contributed by atoms with Crippen molar-refractivity contribution in [2.24, 2.45) is 0 Å². The summed E-state index contributed by atoms with van der Waals surface area (Å²) in [5.74, 6) is -0.202. The van der Waals surface area contributed by atoms with E-state index in [1.165, 1.54) is 83.5 Å². The second-order valence-electron chi connectivity index (χ2n) is 15.0. The zero-order chi connectivity index (χ0) is 37.9. The number of likely N-dealkylation sites (N-methyl/N-ethyl adjacent to an activating group) is 1. The molecule has 0 spiro atoms. The second kappa shape index (κ2) is 34.2. The quantitative estimate of drug-likeness (QED) is 0.0194. The first-order valence-electron chi connectivity index (χ1n) is 20.5. The van der Waals surface area contributed by atoms with E-state index in [4.69, 9.17) is 9.05 Å². The molecule has 0 heterocycles. The lowest BCUT2D eigenvalue weighted by atomic mass is 10.1. The summed E-state index contributed by atoms with van der Waals surface area (Å²) in [7, 11) is 1.54. The molecule has 298 valence electrons. The van der Waals surface area contributed by atoms with Gasteiger partial charge in [0, 0.05) is 6.42 Å². The predicted octanol–water partition coefficient (Wildman–Crippen LogP) is 10.9. The molecule has 0 radical (unpaired) electrons. The van der Waals surface area contributed by atoms with Gasteiger partial charge in [-0.15, -0.1) is 0 Å². The minimum absolute atomic E-state index is 0.0521. The summed E-state index contributed by atoms with van der Waals surface area (Å²) in [6, 6.07) is -0.868. The molecule has 0 bridgehead atoms. The van der Waals surface area contributed by atoms with Crippen LogP contribution in [0.4, 0.5) is 0 Å². The molecule has 0 aromatic carbocycles. The summed E-state index contributed by atoms with van der Waals surface area (Å²) in [5.41, 5.74) is 0. The molecular formula is C42H80N2O6P+. The largest absolute Gasteiger partial charge is 0.472 e. The SMILES string of the molecule is CCCCC/C=C\C=C/CCCCCCCCC(=O)NC(COP(=O)(O)OCC[N+](C)(C)C)C(O)/C=C/CC/C=C/CCCCCCCCCC. The molecule has 0 aliphatic rings. The van der Waals surface area contributed by atoms with Gasteiger partial charge in [-0.3, -0.25) is 13.8 Å². The van der Waals surface area contributed by atoms with Gasteiger partial charge in [0.15, 0.2) is 0 Å². The smallest absolute Gasteiger partial charge is 0.387 e. The highest BCUT2D eigenvalue weighted by molar-refractivity contribution is 7.47. The monoisotopic (exact) mass is 740 g/mol. The van der Waals surface area contributed by atoms with Gasteiger partial charge in [-0.2, -0.15) is 0 Å². The van der Waals surface area contributed by atoms with Crippen molar-refractivity contribution in [1.82, 2.24) is 5.32 Å². The van der Waals surface area contributed by atoms with Gasteiger partial charge >= 0.3 is 7.82 Å². The number of phosphoric acid groups is 1. The average Bonchev–Trinajstić information content (AvgIpc) is 3.07. The Hall–Kier alpha value is -1.54. The molecule has 0 aliphatic heterocycles. The van der Waals surface area contributed by atoms with E-state index in [-0.39, 0.29) is 19.1 Å². The van der Waals surface area contributed by atoms with Gasteiger partial charge in [0.05, 0.1) is 39.9 Å². The van der Waals surface area contributed by atoms with Crippen molar-refractivity contribution in [3.8, 4) is 0 Å². The summed E-state index contributed by atoms with van der Waals surface area (Å²) >= 11 is 0. The molecule has 0 aromatic rings. The minimum Gasteiger partial charge on any atom is -0.387 e. The average molecular weight is 740 g/mol. The fraction of sp³-hybridized carbons (Fsp3) is 0.786. The van der Waals surface area contributed by atoms with Crippen LogP contribution in [0.2, 0.25) is 0 Å². The zero-order valence-corrected chi connectivity index (χ0v) is 34.5. The van der Waals surface area contributed by atoms with Crippen molar-refractivity contribution in [2.75, 3.05) is 40.9 Å². The Bertz CT molecular complexity index is 975. The van der Waals surface area contributed by atoms with Crippen LogP contribution in [0.15, 0.2) is 48.6 Å². The van der Waals surface area contributed by atoms with Crippen LogP contribution in [0.1, 0.15) is 162 Å². The van der Waals surface area contributed by atoms with Gasteiger partial charge in [-0.1, -0.05) is 146 Å². The fourth-order valence-electron chi connectivity index (χ4n) is 5.46. The number of rotatable bonds is 36. The molecular weight excluding hydrogens is 659 g/mol. The number of aliphatic hydroxyl groups excluding tert-OH is 1. The number of unbranched alkanes of at least 4 members (excludes halogenated alkanes) is 18. The molecule has 0 saturated heterocycles. The molecule has 9 heteroatoms. The number of allylic oxidation sites excluding steroid dienone is 7. The first-order valence-corrected chi connectivity index (χ1v) is 22.0. The maximum atomic E-state index is 12.8. The maximum absolute atomic E-state index is 12.8. The summed E-state index contributed by atoms with van der Waals surface area (Å²) in [4.78, 5) is 23.0. The number of carbonyl (C=O) groups is 1. The van der Waals surface area contributed by atoms with Crippen LogP contribution in [0.3, 0.4) is 0 Å². The third-order valence-electron chi connectivity index (χ3n) is 8.80. The first-order chi connectivity index (χ1) is 24.5. The number of aliphatic hydroxyl groups is 1. The zero-order valence-electron chi connectivity index (χ0n) is 33.6. The van der Waals surface area contributed by atoms with Crippen molar-refractivity contribution < 1.29 is 32.9 Å². The van der Waals surface area contributed by atoms with E-state index in [1.807, 2.05) is 27.2 Å². The van der Waals surface area contributed by atoms with E-state index >= 15 is 0 Å². The standard InChI is InChI=1S/C42H79N2O6P/c1-6-8-10-12-14-16-18-20-22-24-26-28-30-32-34-36-42(46)43-40(39-50-51(47,48)49-38-37-44(3,4)5)41(45)35-33-31-29-27-25-23-21-19-17-15-13-11-9-7-2/h14,16,18,20,25,27,33,35,40-41,45H,6-13,15,17,19,21-24,26,28-32,34,36-39H2,1-5H3,(H-,43,46,47,48)/p+1/b16-14-,20-18-,27-25+,35-33+. The van der Waals surface area contributed by atoms with Crippen LogP contribution in [-0.2, 0) is 18.4 Å². The number of quaternary nitrogens is 1. The number of phosphoric ester groups is 1. The number of amides is 1. The molecule has 3 atom stereocenters. The van der Waals surface area contributed by atoms with Crippen LogP contribution in [0.5, 0.6) is 0 Å². The number of carbonyl (C=O) groups excluding carboxylic acids is 1. The molecule has 1 amide bonds. The lowest BCUT2D eigenvalue weighted by Crippen LogP contribution is -2.45. The van der Waals surface area contributed by atoms with Crippen LogP contribution in [0.25, 0.3) is 0 Å². The van der Waals surface area contributed by atoms with E-state index in [0.717, 1.165) is 57.8 Å². The van der Waals surface area contributed by atoms with Gasteiger partial charge in [0.25, 0.3) is 0 Å². The number of nitrogens with zero attached hydrogens (tertiary/aromatic N) is 1. The molecule has 8 nitrogen and oxygen atoms in total.